The molecule has 0 bridgehead atoms. The third-order valence-electron chi connectivity index (χ3n) is 4.64. The van der Waals surface area contributed by atoms with Crippen molar-refractivity contribution < 1.29 is 22.7 Å². The Balaban J connectivity index is 1.79. The molecule has 0 unspecified atom stereocenters. The van der Waals surface area contributed by atoms with E-state index in [1.165, 1.54) is 18.9 Å². The van der Waals surface area contributed by atoms with E-state index in [2.05, 4.69) is 11.6 Å². The lowest BCUT2D eigenvalue weighted by Gasteiger charge is -2.09. The molecule has 0 saturated heterocycles. The quantitative estimate of drug-likeness (QED) is 0.193. The first-order valence-electron chi connectivity index (χ1n) is 10.6. The summed E-state index contributed by atoms with van der Waals surface area (Å²) in [6.45, 7) is 2.15. The van der Waals surface area contributed by atoms with Crippen LogP contribution in [0.4, 0.5) is 5.69 Å². The molecule has 168 valence electrons. The van der Waals surface area contributed by atoms with Gasteiger partial charge in [-0.25, -0.2) is 13.2 Å². The molecule has 2 aromatic rings. The highest BCUT2D eigenvalue weighted by Gasteiger charge is 2.10. The maximum absolute atomic E-state index is 12.2. The average molecular weight is 446 g/mol. The third-order valence-corrected chi connectivity index (χ3v) is 6.01. The molecular formula is C24H31NO5S. The van der Waals surface area contributed by atoms with Gasteiger partial charge in [0.05, 0.1) is 12.9 Å². The van der Waals surface area contributed by atoms with E-state index >= 15 is 0 Å². The second-order valence-corrected chi connectivity index (χ2v) is 9.08. The Bertz CT molecular complexity index is 935. The summed E-state index contributed by atoms with van der Waals surface area (Å²) < 4.78 is 37.3. The van der Waals surface area contributed by atoms with Gasteiger partial charge in [-0.15, -0.1) is 0 Å². The van der Waals surface area contributed by atoms with Crippen LogP contribution >= 0.6 is 0 Å². The lowest BCUT2D eigenvalue weighted by atomic mass is 10.1. The van der Waals surface area contributed by atoms with Gasteiger partial charge in [-0.2, -0.15) is 0 Å². The van der Waals surface area contributed by atoms with Crippen LogP contribution in [0.2, 0.25) is 0 Å². The number of rotatable bonds is 13. The fourth-order valence-corrected chi connectivity index (χ4v) is 4.10. The zero-order valence-electron chi connectivity index (χ0n) is 18.2. The Hall–Kier alpha value is -2.80. The minimum atomic E-state index is -3.39. The van der Waals surface area contributed by atoms with E-state index in [4.69, 9.17) is 9.47 Å². The summed E-state index contributed by atoms with van der Waals surface area (Å²) in [7, 11) is -1.79. The van der Waals surface area contributed by atoms with Gasteiger partial charge in [0.1, 0.15) is 11.5 Å². The molecule has 0 aliphatic carbocycles. The second-order valence-electron chi connectivity index (χ2n) is 7.24. The monoisotopic (exact) mass is 445 g/mol. The molecule has 6 nitrogen and oxygen atoms in total. The largest absolute Gasteiger partial charge is 0.497 e. The normalized spacial score (nSPS) is 11.4. The molecule has 2 aromatic carbocycles. The van der Waals surface area contributed by atoms with Crippen molar-refractivity contribution in [2.75, 3.05) is 17.6 Å². The van der Waals surface area contributed by atoms with Crippen molar-refractivity contribution in [1.29, 1.82) is 0 Å². The van der Waals surface area contributed by atoms with Gasteiger partial charge in [-0.1, -0.05) is 51.2 Å². The number of unbranched alkanes of at least 4 members (excludes halogenated alkanes) is 5. The summed E-state index contributed by atoms with van der Waals surface area (Å²) in [6.07, 6.45) is 9.12. The van der Waals surface area contributed by atoms with E-state index in [9.17, 15) is 13.2 Å². The van der Waals surface area contributed by atoms with Crippen molar-refractivity contribution >= 4 is 27.8 Å². The highest BCUT2D eigenvalue weighted by atomic mass is 32.2. The Morgan fingerprint density at radius 3 is 2.16 bits per heavy atom. The number of methoxy groups -OCH3 is 1. The molecule has 0 aliphatic rings. The topological polar surface area (TPSA) is 81.7 Å². The lowest BCUT2D eigenvalue weighted by Crippen LogP contribution is -2.16. The van der Waals surface area contributed by atoms with Crippen LogP contribution in [0, 0.1) is 0 Å². The standard InChI is InChI=1S/C24H31NO5S/c1-3-4-5-6-7-8-19-31(27,28)25-21-12-16-23(17-13-21)30-24(26)18-11-20-9-14-22(29-2)15-10-20/h9-18,25H,3-8,19H2,1-2H3/b18-11+. The smallest absolute Gasteiger partial charge is 0.336 e. The number of carbonyl (C=O) groups is 1. The van der Waals surface area contributed by atoms with Crippen LogP contribution < -0.4 is 14.2 Å². The molecule has 0 heterocycles. The van der Waals surface area contributed by atoms with Crippen molar-refractivity contribution in [2.24, 2.45) is 0 Å². The van der Waals surface area contributed by atoms with E-state index in [0.29, 0.717) is 17.9 Å². The number of carbonyl (C=O) groups excluding carboxylic acids is 1. The third kappa shape index (κ3) is 9.70. The van der Waals surface area contributed by atoms with Crippen LogP contribution in [-0.2, 0) is 14.8 Å². The number of anilines is 1. The molecule has 0 saturated carbocycles. The maximum Gasteiger partial charge on any atom is 0.336 e. The van der Waals surface area contributed by atoms with Gasteiger partial charge in [-0.05, 0) is 54.5 Å². The SMILES string of the molecule is CCCCCCCCS(=O)(=O)Nc1ccc(OC(=O)/C=C/c2ccc(OC)cc2)cc1. The number of hydrogen-bond donors (Lipinski definition) is 1. The summed E-state index contributed by atoms with van der Waals surface area (Å²) in [5.41, 5.74) is 1.28. The van der Waals surface area contributed by atoms with Gasteiger partial charge in [-0.3, -0.25) is 4.72 Å². The minimum absolute atomic E-state index is 0.103. The van der Waals surface area contributed by atoms with E-state index in [1.807, 2.05) is 12.1 Å². The molecule has 31 heavy (non-hydrogen) atoms. The van der Waals surface area contributed by atoms with E-state index in [-0.39, 0.29) is 5.75 Å². The molecule has 7 heteroatoms. The van der Waals surface area contributed by atoms with Crippen LogP contribution in [0.3, 0.4) is 0 Å². The number of nitrogens with one attached hydrogen (secondary N) is 1. The highest BCUT2D eigenvalue weighted by Crippen LogP contribution is 2.18. The van der Waals surface area contributed by atoms with Crippen LogP contribution in [0.25, 0.3) is 6.08 Å². The van der Waals surface area contributed by atoms with Crippen LogP contribution in [0.1, 0.15) is 51.0 Å². The van der Waals surface area contributed by atoms with Gasteiger partial charge >= 0.3 is 5.97 Å². The summed E-state index contributed by atoms with van der Waals surface area (Å²) in [6, 6.07) is 13.5. The molecule has 0 atom stereocenters. The van der Waals surface area contributed by atoms with Crippen molar-refractivity contribution in [3.8, 4) is 11.5 Å². The summed E-state index contributed by atoms with van der Waals surface area (Å²) in [4.78, 5) is 12.0. The summed E-state index contributed by atoms with van der Waals surface area (Å²) in [5.74, 6) is 0.657. The first-order chi connectivity index (χ1) is 14.9. The molecule has 0 aliphatic heterocycles. The maximum atomic E-state index is 12.2. The van der Waals surface area contributed by atoms with Crippen molar-refractivity contribution in [1.82, 2.24) is 0 Å². The molecule has 0 fully saturated rings. The van der Waals surface area contributed by atoms with Gasteiger partial charge < -0.3 is 9.47 Å². The molecule has 1 N–H and O–H groups in total. The number of ether oxygens (including phenoxy) is 2. The van der Waals surface area contributed by atoms with Crippen molar-refractivity contribution in [2.45, 2.75) is 45.4 Å². The number of benzene rings is 2. The van der Waals surface area contributed by atoms with Crippen LogP contribution in [0.15, 0.2) is 54.6 Å². The molecule has 2 rings (SSSR count). The van der Waals surface area contributed by atoms with Crippen LogP contribution in [-0.4, -0.2) is 27.2 Å². The minimum Gasteiger partial charge on any atom is -0.497 e. The Morgan fingerprint density at radius 1 is 0.903 bits per heavy atom. The predicted octanol–water partition coefficient (Wildman–Crippen LogP) is 5.42. The number of sulfonamides is 1. The first-order valence-corrected chi connectivity index (χ1v) is 12.2. The summed E-state index contributed by atoms with van der Waals surface area (Å²) >= 11 is 0. The number of hydrogen-bond acceptors (Lipinski definition) is 5. The summed E-state index contributed by atoms with van der Waals surface area (Å²) in [5, 5.41) is 0. The number of esters is 1. The van der Waals surface area contributed by atoms with Gasteiger partial charge in [0.25, 0.3) is 0 Å². The van der Waals surface area contributed by atoms with E-state index in [1.54, 1.807) is 49.6 Å². The van der Waals surface area contributed by atoms with Gasteiger partial charge in [0.2, 0.25) is 10.0 Å². The molecule has 0 spiro atoms. The first kappa shape index (κ1) is 24.5. The van der Waals surface area contributed by atoms with E-state index in [0.717, 1.165) is 30.6 Å². The lowest BCUT2D eigenvalue weighted by molar-refractivity contribution is -0.128. The Kier molecular flexibility index (Phi) is 10.1. The zero-order chi connectivity index (χ0) is 22.5. The molecular weight excluding hydrogens is 414 g/mol. The fraction of sp³-hybridized carbons (Fsp3) is 0.375. The predicted molar refractivity (Wildman–Crippen MR) is 125 cm³/mol. The zero-order valence-corrected chi connectivity index (χ0v) is 19.0. The molecule has 0 radical (unpaired) electrons. The van der Waals surface area contributed by atoms with Crippen LogP contribution in [0.5, 0.6) is 11.5 Å². The fourth-order valence-electron chi connectivity index (χ4n) is 2.92. The average Bonchev–Trinajstić information content (AvgIpc) is 2.76. The van der Waals surface area contributed by atoms with Gasteiger partial charge in [0, 0.05) is 11.8 Å². The molecule has 0 amide bonds. The highest BCUT2D eigenvalue weighted by molar-refractivity contribution is 7.92. The van der Waals surface area contributed by atoms with Crippen molar-refractivity contribution in [3.63, 3.8) is 0 Å². The Morgan fingerprint density at radius 2 is 1.52 bits per heavy atom. The van der Waals surface area contributed by atoms with Crippen molar-refractivity contribution in [3.05, 3.63) is 60.2 Å². The molecule has 0 aromatic heterocycles. The van der Waals surface area contributed by atoms with E-state index < -0.39 is 16.0 Å². The van der Waals surface area contributed by atoms with Gasteiger partial charge in [0.15, 0.2) is 0 Å². The second kappa shape index (κ2) is 12.8. The Labute approximate surface area is 185 Å².